The number of rotatable bonds is 11. The molecule has 93 heavy (non-hydrogen) atoms. The number of amides is 11. The lowest BCUT2D eigenvalue weighted by atomic mass is 9.97. The molecule has 0 radical (unpaired) electrons. The van der Waals surface area contributed by atoms with Crippen molar-refractivity contribution in [2.75, 3.05) is 75.5 Å². The van der Waals surface area contributed by atoms with Crippen molar-refractivity contribution in [2.24, 2.45) is 11.8 Å². The van der Waals surface area contributed by atoms with E-state index in [9.17, 15) is 56.6 Å². The SMILES string of the molecule is CC[C@H](C)[C@@H]1NC(=O)[C@H](C)N(C)C(=O)C[C@@H](C)NC(=O)[C@H](CC(C)C)N(C)C(=O)[C@H](Cc2ccccc2)N(C)C(=O)[C@@H]2CC(O)CN2C(=O)[C@H](CCc2ccc(C(F)(F)F)cc2)NC(=O)CN(C)C(=O)[C@H](Cc2ccc(Cl)cc2)N(C)C(=O)CN(C)C(=O)CN(C)C1=O. The molecular formula is C66H91ClF3N11O12. The van der Waals surface area contributed by atoms with Crippen LogP contribution < -0.4 is 16.0 Å². The highest BCUT2D eigenvalue weighted by atomic mass is 35.5. The molecule has 1 unspecified atom stereocenters. The Bertz CT molecular complexity index is 3140. The van der Waals surface area contributed by atoms with Gasteiger partial charge in [0, 0.05) is 92.6 Å². The second-order valence-electron chi connectivity index (χ2n) is 25.2. The number of aliphatic hydroxyl groups excluding tert-OH is 1. The number of halogens is 4. The Hall–Kier alpha value is -8.13. The number of fused-ring (bicyclic) bond motifs is 1. The smallest absolute Gasteiger partial charge is 0.391 e. The number of nitrogens with one attached hydrogen (secondary N) is 3. The lowest BCUT2D eigenvalue weighted by Gasteiger charge is -2.37. The van der Waals surface area contributed by atoms with Gasteiger partial charge < -0.3 is 60.3 Å². The number of nitrogens with zero attached hydrogens (tertiary/aromatic N) is 8. The topological polar surface area (TPSA) is 270 Å². The van der Waals surface area contributed by atoms with E-state index in [4.69, 9.17) is 11.6 Å². The van der Waals surface area contributed by atoms with Crippen LogP contribution in [0.4, 0.5) is 13.2 Å². The summed E-state index contributed by atoms with van der Waals surface area (Å²) in [6.07, 6.45) is -6.60. The van der Waals surface area contributed by atoms with Gasteiger partial charge in [0.25, 0.3) is 0 Å². The molecule has 27 heteroatoms. The van der Waals surface area contributed by atoms with E-state index in [-0.39, 0.29) is 50.9 Å². The number of carbonyl (C=O) groups is 11. The normalized spacial score (nSPS) is 24.9. The maximum atomic E-state index is 15.2. The Labute approximate surface area is 547 Å². The summed E-state index contributed by atoms with van der Waals surface area (Å²) in [5, 5.41) is 20.0. The molecule has 0 spiro atoms. The molecule has 3 aromatic rings. The van der Waals surface area contributed by atoms with E-state index in [2.05, 4.69) is 16.0 Å². The molecule has 2 saturated heterocycles. The van der Waals surface area contributed by atoms with E-state index in [1.54, 1.807) is 75.4 Å². The van der Waals surface area contributed by atoms with Crippen molar-refractivity contribution in [2.45, 2.75) is 154 Å². The third kappa shape index (κ3) is 20.7. The van der Waals surface area contributed by atoms with Crippen LogP contribution in [-0.2, 0) is 78.2 Å². The van der Waals surface area contributed by atoms with Crippen LogP contribution >= 0.6 is 11.6 Å². The second-order valence-corrected chi connectivity index (χ2v) is 25.6. The molecule has 5 rings (SSSR count). The fourth-order valence-corrected chi connectivity index (χ4v) is 11.3. The summed E-state index contributed by atoms with van der Waals surface area (Å²) in [4.78, 5) is 168. The second kappa shape index (κ2) is 33.6. The first-order chi connectivity index (χ1) is 43.5. The number of hydrogen-bond acceptors (Lipinski definition) is 12. The van der Waals surface area contributed by atoms with Crippen molar-refractivity contribution in [3.63, 3.8) is 0 Å². The van der Waals surface area contributed by atoms with Gasteiger partial charge in [-0.1, -0.05) is 100 Å². The molecule has 2 aliphatic heterocycles. The minimum absolute atomic E-state index is 0.0866. The highest BCUT2D eigenvalue weighted by Crippen LogP contribution is 2.30. The summed E-state index contributed by atoms with van der Waals surface area (Å²) in [5.74, 6) is -8.63. The number of alkyl halides is 3. The van der Waals surface area contributed by atoms with Gasteiger partial charge >= 0.3 is 6.18 Å². The largest absolute Gasteiger partial charge is 0.416 e. The third-order valence-electron chi connectivity index (χ3n) is 17.5. The quantitative estimate of drug-likeness (QED) is 0.215. The van der Waals surface area contributed by atoms with E-state index < -0.39 is 163 Å². The number of hydrogen-bond donors (Lipinski definition) is 4. The van der Waals surface area contributed by atoms with E-state index in [0.717, 1.165) is 41.5 Å². The molecular weight excluding hydrogens is 1230 g/mol. The first-order valence-electron chi connectivity index (χ1n) is 31.2. The zero-order valence-corrected chi connectivity index (χ0v) is 56.1. The summed E-state index contributed by atoms with van der Waals surface area (Å²) in [7, 11) is 9.45. The molecule has 23 nitrogen and oxygen atoms in total. The van der Waals surface area contributed by atoms with Crippen LogP contribution in [0.5, 0.6) is 0 Å². The van der Waals surface area contributed by atoms with Gasteiger partial charge in [-0.05, 0) is 85.9 Å². The summed E-state index contributed by atoms with van der Waals surface area (Å²) in [6.45, 7) is 7.97. The van der Waals surface area contributed by atoms with Crippen LogP contribution in [0, 0.1) is 11.8 Å². The molecule has 3 aromatic carbocycles. The van der Waals surface area contributed by atoms with Crippen LogP contribution in [0.3, 0.4) is 0 Å². The van der Waals surface area contributed by atoms with Gasteiger partial charge in [-0.15, -0.1) is 0 Å². The highest BCUT2D eigenvalue weighted by Gasteiger charge is 2.46. The van der Waals surface area contributed by atoms with Gasteiger partial charge in [0.1, 0.15) is 42.3 Å². The van der Waals surface area contributed by atoms with Gasteiger partial charge in [0.2, 0.25) is 65.0 Å². The van der Waals surface area contributed by atoms with Gasteiger partial charge in [-0.3, -0.25) is 52.7 Å². The zero-order chi connectivity index (χ0) is 69.5. The first kappa shape index (κ1) is 75.6. The van der Waals surface area contributed by atoms with Crippen LogP contribution in [-0.4, -0.2) is 239 Å². The van der Waals surface area contributed by atoms with Crippen molar-refractivity contribution < 1.29 is 71.0 Å². The summed E-state index contributed by atoms with van der Waals surface area (Å²) in [6, 6.07) is 9.26. The zero-order valence-electron chi connectivity index (χ0n) is 55.4. The molecule has 2 aliphatic rings. The molecule has 10 atom stereocenters. The molecule has 510 valence electrons. The summed E-state index contributed by atoms with van der Waals surface area (Å²) < 4.78 is 40.9. The Balaban J connectivity index is 1.59. The number of aryl methyl sites for hydroxylation is 1. The average molecular weight is 1320 g/mol. The average Bonchev–Trinajstić information content (AvgIpc) is 1.76. The predicted molar refractivity (Wildman–Crippen MR) is 341 cm³/mol. The maximum Gasteiger partial charge on any atom is 0.416 e. The maximum absolute atomic E-state index is 15.2. The van der Waals surface area contributed by atoms with Crippen LogP contribution in [0.1, 0.15) is 95.9 Å². The van der Waals surface area contributed by atoms with Gasteiger partial charge in [-0.25, -0.2) is 0 Å². The molecule has 4 N–H and O–H groups in total. The molecule has 2 heterocycles. The van der Waals surface area contributed by atoms with Gasteiger partial charge in [0.05, 0.1) is 31.3 Å². The van der Waals surface area contributed by atoms with E-state index in [1.165, 1.54) is 78.2 Å². The number of likely N-dealkylation sites (N-methyl/N-ethyl adjacent to an activating group) is 7. The van der Waals surface area contributed by atoms with Crippen molar-refractivity contribution in [3.05, 3.63) is 106 Å². The standard InChI is InChI=1S/C66H91ClF3N11O12/c1-14-40(4)58-65(93)76(9)37-56(85)74(7)38-57(86)78(11)51(33-45-22-27-47(67)28-23-45)62(90)75(8)36-54(83)72-49(29-24-43-20-25-46(26-21-43)66(68,69)70)61(89)81-35-48(82)34-53(81)64(92)80(13)52(32-44-18-16-15-17-19-44)63(91)79(12)50(30-39(2)3)60(88)71-41(5)31-55(84)77(10)42(6)59(87)73-58/h15-23,25-28,39-42,48-53,58,82H,14,24,29-38H2,1-13H3,(H,71,88)(H,72,83)(H,73,87)/t40-,41+,42-,48?,49-,50-,51-,52-,53-,58-/m0/s1. The van der Waals surface area contributed by atoms with Crippen molar-refractivity contribution in [1.82, 2.24) is 55.1 Å². The Morgan fingerprint density at radius 2 is 1.13 bits per heavy atom. The fraction of sp³-hybridized carbons (Fsp3) is 0.561. The molecule has 0 aromatic heterocycles. The van der Waals surface area contributed by atoms with E-state index in [0.29, 0.717) is 28.1 Å². The minimum Gasteiger partial charge on any atom is -0.391 e. The molecule has 0 aliphatic carbocycles. The number of benzene rings is 3. The minimum atomic E-state index is -4.65. The van der Waals surface area contributed by atoms with Gasteiger partial charge in [0.15, 0.2) is 0 Å². The lowest BCUT2D eigenvalue weighted by Crippen LogP contribution is -2.59. The number of carbonyl (C=O) groups excluding carboxylic acids is 11. The Kier molecular flexibility index (Phi) is 27.3. The van der Waals surface area contributed by atoms with Crippen molar-refractivity contribution in [3.8, 4) is 0 Å². The molecule has 0 bridgehead atoms. The molecule has 2 fully saturated rings. The summed E-state index contributed by atoms with van der Waals surface area (Å²) in [5.41, 5.74) is 0.572. The van der Waals surface area contributed by atoms with Crippen molar-refractivity contribution >= 4 is 76.6 Å². The van der Waals surface area contributed by atoms with E-state index in [1.807, 2.05) is 13.8 Å². The van der Waals surface area contributed by atoms with Gasteiger partial charge in [-0.2, -0.15) is 13.2 Å². The highest BCUT2D eigenvalue weighted by molar-refractivity contribution is 6.30. The Morgan fingerprint density at radius 3 is 1.71 bits per heavy atom. The fourth-order valence-electron chi connectivity index (χ4n) is 11.2. The summed E-state index contributed by atoms with van der Waals surface area (Å²) >= 11 is 6.20. The predicted octanol–water partition coefficient (Wildman–Crippen LogP) is 3.41. The van der Waals surface area contributed by atoms with E-state index >= 15 is 14.4 Å². The van der Waals surface area contributed by atoms with Crippen molar-refractivity contribution in [1.29, 1.82) is 0 Å². The molecule has 11 amide bonds. The third-order valence-corrected chi connectivity index (χ3v) is 17.7. The van der Waals surface area contributed by atoms with Crippen LogP contribution in [0.2, 0.25) is 5.02 Å². The monoisotopic (exact) mass is 1320 g/mol. The first-order valence-corrected chi connectivity index (χ1v) is 31.5. The van der Waals surface area contributed by atoms with Crippen LogP contribution in [0.15, 0.2) is 78.9 Å². The molecule has 0 saturated carbocycles. The Morgan fingerprint density at radius 1 is 0.581 bits per heavy atom. The van der Waals surface area contributed by atoms with Crippen LogP contribution in [0.25, 0.3) is 0 Å². The number of aliphatic hydroxyl groups is 1. The lowest BCUT2D eigenvalue weighted by molar-refractivity contribution is -0.152.